The van der Waals surface area contributed by atoms with Gasteiger partial charge in [0.15, 0.2) is 0 Å². The lowest BCUT2D eigenvalue weighted by atomic mass is 9.98. The first-order chi connectivity index (χ1) is 11.8. The van der Waals surface area contributed by atoms with Gasteiger partial charge < -0.3 is 10.2 Å². The van der Waals surface area contributed by atoms with E-state index in [9.17, 15) is 0 Å². The van der Waals surface area contributed by atoms with E-state index in [1.54, 1.807) is 6.33 Å². The normalized spacial score (nSPS) is 25.7. The third-order valence-electron chi connectivity index (χ3n) is 5.39. The Balaban J connectivity index is 1.44. The number of nitrogens with one attached hydrogen (secondary N) is 1. The summed E-state index contributed by atoms with van der Waals surface area (Å²) in [5.74, 6) is 2.02. The summed E-state index contributed by atoms with van der Waals surface area (Å²) in [6.45, 7) is 0. The van der Waals surface area contributed by atoms with Crippen LogP contribution in [0, 0.1) is 0 Å². The van der Waals surface area contributed by atoms with E-state index in [4.69, 9.17) is 0 Å². The van der Waals surface area contributed by atoms with Crippen molar-refractivity contribution in [2.45, 2.75) is 50.2 Å². The first kappa shape index (κ1) is 14.0. The van der Waals surface area contributed by atoms with Crippen LogP contribution in [0.3, 0.4) is 0 Å². The van der Waals surface area contributed by atoms with Gasteiger partial charge in [0.1, 0.15) is 18.0 Å². The molecule has 2 atom stereocenters. The lowest BCUT2D eigenvalue weighted by molar-refractivity contribution is 0.642. The Kier molecular flexibility index (Phi) is 3.11. The second kappa shape index (κ2) is 5.33. The van der Waals surface area contributed by atoms with Crippen LogP contribution < -0.4 is 10.2 Å². The number of hydrogen-bond acceptors (Lipinski definition) is 5. The predicted octanol–water partition coefficient (Wildman–Crippen LogP) is 2.61. The predicted molar refractivity (Wildman–Crippen MR) is 93.8 cm³/mol. The van der Waals surface area contributed by atoms with E-state index in [0.29, 0.717) is 18.1 Å². The van der Waals surface area contributed by atoms with Gasteiger partial charge in [0, 0.05) is 37.4 Å². The number of rotatable bonds is 4. The Bertz CT molecular complexity index is 790. The molecule has 0 radical (unpaired) electrons. The van der Waals surface area contributed by atoms with Gasteiger partial charge in [-0.05, 0) is 43.7 Å². The average molecular weight is 322 g/mol. The first-order valence-electron chi connectivity index (χ1n) is 8.84. The van der Waals surface area contributed by atoms with Crippen LogP contribution in [-0.2, 0) is 7.05 Å². The van der Waals surface area contributed by atoms with Crippen LogP contribution >= 0.6 is 0 Å². The van der Waals surface area contributed by atoms with Crippen LogP contribution in [0.4, 0.5) is 11.6 Å². The molecule has 2 bridgehead atoms. The molecule has 1 aliphatic carbocycles. The van der Waals surface area contributed by atoms with Crippen molar-refractivity contribution in [2.75, 3.05) is 10.2 Å². The Labute approximate surface area is 141 Å². The minimum absolute atomic E-state index is 0.428. The van der Waals surface area contributed by atoms with Crippen LogP contribution in [0.15, 0.2) is 30.7 Å². The quantitative estimate of drug-likeness (QED) is 0.937. The number of fused-ring (bicyclic) bond motifs is 2. The molecule has 4 heterocycles. The van der Waals surface area contributed by atoms with Crippen LogP contribution in [0.1, 0.15) is 37.8 Å². The van der Waals surface area contributed by atoms with Gasteiger partial charge in [-0.1, -0.05) is 6.08 Å². The molecule has 0 aromatic carbocycles. The van der Waals surface area contributed by atoms with E-state index >= 15 is 0 Å². The highest BCUT2D eigenvalue weighted by Gasteiger charge is 2.38. The van der Waals surface area contributed by atoms with Crippen molar-refractivity contribution >= 4 is 17.2 Å². The lowest BCUT2D eigenvalue weighted by Gasteiger charge is -2.35. The number of aromatic nitrogens is 4. The zero-order valence-corrected chi connectivity index (χ0v) is 13.9. The summed E-state index contributed by atoms with van der Waals surface area (Å²) >= 11 is 0. The van der Waals surface area contributed by atoms with Crippen LogP contribution in [0.2, 0.25) is 0 Å². The Morgan fingerprint density at radius 1 is 1.17 bits per heavy atom. The number of hydrogen-bond donors (Lipinski definition) is 1. The summed E-state index contributed by atoms with van der Waals surface area (Å²) in [6.07, 6.45) is 12.0. The third-order valence-corrected chi connectivity index (χ3v) is 5.39. The van der Waals surface area contributed by atoms with Crippen molar-refractivity contribution in [3.63, 3.8) is 0 Å². The molecule has 2 aliphatic heterocycles. The topological polar surface area (TPSA) is 58.9 Å². The van der Waals surface area contributed by atoms with Crippen molar-refractivity contribution in [2.24, 2.45) is 7.05 Å². The van der Waals surface area contributed by atoms with Gasteiger partial charge in [-0.25, -0.2) is 9.97 Å². The summed E-state index contributed by atoms with van der Waals surface area (Å²) in [6, 6.07) is 5.79. The molecule has 0 unspecified atom stereocenters. The van der Waals surface area contributed by atoms with Gasteiger partial charge >= 0.3 is 0 Å². The maximum absolute atomic E-state index is 4.56. The zero-order chi connectivity index (χ0) is 16.1. The molecule has 124 valence electrons. The molecular weight excluding hydrogens is 300 g/mol. The molecule has 3 aliphatic rings. The molecule has 6 nitrogen and oxygen atoms in total. The molecule has 1 N–H and O–H groups in total. The Hall–Kier alpha value is -2.37. The van der Waals surface area contributed by atoms with Crippen molar-refractivity contribution in [1.29, 1.82) is 0 Å². The number of anilines is 2. The molecule has 2 fully saturated rings. The molecule has 24 heavy (non-hydrogen) atoms. The van der Waals surface area contributed by atoms with Gasteiger partial charge in [-0.3, -0.25) is 4.68 Å². The van der Waals surface area contributed by atoms with Crippen molar-refractivity contribution in [3.05, 3.63) is 36.4 Å². The van der Waals surface area contributed by atoms with Gasteiger partial charge in [0.2, 0.25) is 0 Å². The van der Waals surface area contributed by atoms with E-state index in [1.807, 2.05) is 17.9 Å². The summed E-state index contributed by atoms with van der Waals surface area (Å²) in [5, 5.41) is 7.80. The van der Waals surface area contributed by atoms with E-state index in [2.05, 4.69) is 43.5 Å². The van der Waals surface area contributed by atoms with Crippen molar-refractivity contribution < 1.29 is 0 Å². The van der Waals surface area contributed by atoms with Crippen LogP contribution in [-0.4, -0.2) is 37.9 Å². The second-order valence-corrected chi connectivity index (χ2v) is 7.12. The molecule has 1 saturated carbocycles. The van der Waals surface area contributed by atoms with Crippen molar-refractivity contribution in [1.82, 2.24) is 19.7 Å². The van der Waals surface area contributed by atoms with Crippen LogP contribution in [0.5, 0.6) is 0 Å². The van der Waals surface area contributed by atoms with Crippen LogP contribution in [0.25, 0.3) is 5.57 Å². The molecule has 1 saturated heterocycles. The monoisotopic (exact) mass is 322 g/mol. The Morgan fingerprint density at radius 3 is 2.83 bits per heavy atom. The molecule has 2 aromatic heterocycles. The fourth-order valence-corrected chi connectivity index (χ4v) is 4.07. The summed E-state index contributed by atoms with van der Waals surface area (Å²) in [5.41, 5.74) is 2.66. The van der Waals surface area contributed by atoms with Crippen molar-refractivity contribution in [3.8, 4) is 0 Å². The van der Waals surface area contributed by atoms with E-state index in [-0.39, 0.29) is 0 Å². The molecule has 0 amide bonds. The fourth-order valence-electron chi connectivity index (χ4n) is 4.07. The average Bonchev–Trinajstić information content (AvgIpc) is 3.23. The zero-order valence-electron chi connectivity index (χ0n) is 13.9. The molecule has 0 spiro atoms. The standard InChI is InChI=1S/C18H22N6/c1-23-16(6-7-21-23)12-8-14-4-5-15(9-12)24(14)18-10-17(19-11-20-18)22-13-2-3-13/h6-8,10-11,13-15H,2-5,9H2,1H3,(H,19,20,22)/t14-,15+/m1/s1. The maximum Gasteiger partial charge on any atom is 0.134 e. The second-order valence-electron chi connectivity index (χ2n) is 7.12. The van der Waals surface area contributed by atoms with E-state index in [0.717, 1.165) is 18.1 Å². The largest absolute Gasteiger partial charge is 0.367 e. The number of aryl methyl sites for hydroxylation is 1. The first-order valence-corrected chi connectivity index (χ1v) is 8.84. The summed E-state index contributed by atoms with van der Waals surface area (Å²) in [4.78, 5) is 11.4. The highest BCUT2D eigenvalue weighted by molar-refractivity contribution is 5.69. The highest BCUT2D eigenvalue weighted by Crippen LogP contribution is 2.41. The van der Waals surface area contributed by atoms with E-state index < -0.39 is 0 Å². The minimum Gasteiger partial charge on any atom is -0.367 e. The van der Waals surface area contributed by atoms with Gasteiger partial charge in [-0.15, -0.1) is 0 Å². The SMILES string of the molecule is Cn1nccc1C1=C[C@H]2CC[C@@H](C1)N2c1cc(NC2CC2)ncn1. The molecule has 6 heteroatoms. The molecule has 5 rings (SSSR count). The summed E-state index contributed by atoms with van der Waals surface area (Å²) < 4.78 is 1.98. The van der Waals surface area contributed by atoms with Gasteiger partial charge in [0.05, 0.1) is 5.69 Å². The third kappa shape index (κ3) is 2.37. The van der Waals surface area contributed by atoms with Gasteiger partial charge in [0.25, 0.3) is 0 Å². The van der Waals surface area contributed by atoms with Gasteiger partial charge in [-0.2, -0.15) is 5.10 Å². The summed E-state index contributed by atoms with van der Waals surface area (Å²) in [7, 11) is 2.02. The Morgan fingerprint density at radius 2 is 2.08 bits per heavy atom. The maximum atomic E-state index is 4.56. The minimum atomic E-state index is 0.428. The molecule has 2 aromatic rings. The highest BCUT2D eigenvalue weighted by atomic mass is 15.3. The smallest absolute Gasteiger partial charge is 0.134 e. The lowest BCUT2D eigenvalue weighted by Crippen LogP contribution is -2.39. The number of nitrogens with zero attached hydrogens (tertiary/aromatic N) is 5. The van der Waals surface area contributed by atoms with E-state index in [1.165, 1.54) is 37.0 Å². The molecular formula is C18H22N6. The fraction of sp³-hybridized carbons (Fsp3) is 0.500.